The van der Waals surface area contributed by atoms with Crippen LogP contribution in [0.4, 0.5) is 0 Å². The summed E-state index contributed by atoms with van der Waals surface area (Å²) in [5.74, 6) is 0.485. The van der Waals surface area contributed by atoms with Crippen LogP contribution in [0.3, 0.4) is 0 Å². The third kappa shape index (κ3) is 5.53. The highest BCUT2D eigenvalue weighted by Gasteiger charge is 2.40. The molecule has 0 radical (unpaired) electrons. The smallest absolute Gasteiger partial charge is 0.120 e. The molecular weight excluding hydrogens is 591 g/mol. The van der Waals surface area contributed by atoms with E-state index in [1.165, 1.54) is 0 Å². The van der Waals surface area contributed by atoms with Gasteiger partial charge in [-0.05, 0) is 107 Å². The molecule has 0 spiro atoms. The first-order valence-electron chi connectivity index (χ1n) is 12.7. The van der Waals surface area contributed by atoms with Crippen LogP contribution in [0.5, 0.6) is 11.5 Å². The zero-order valence-corrected chi connectivity index (χ0v) is 23.2. The Morgan fingerprint density at radius 3 is 2.53 bits per heavy atom. The number of allylic oxidation sites excluding steroid dienone is 7. The first-order valence-corrected chi connectivity index (χ1v) is 13.8. The molecule has 0 amide bonds. The predicted molar refractivity (Wildman–Crippen MR) is 158 cm³/mol. The zero-order valence-electron chi connectivity index (χ0n) is 21.1. The topological polar surface area (TPSA) is 90.2 Å². The number of phenols is 1. The van der Waals surface area contributed by atoms with E-state index in [1.807, 2.05) is 66.8 Å². The first kappa shape index (κ1) is 26.5. The SMILES string of the molecule is COc1cc(I)cc(C(c2cc(C3C=CC(O)=CC3)ccc2O)C2(O)C=C(C3=CCC(O)C=C3)C=CC2)c1. The minimum absolute atomic E-state index is 0.0484. The van der Waals surface area contributed by atoms with Crippen molar-refractivity contribution in [1.82, 2.24) is 0 Å². The van der Waals surface area contributed by atoms with Crippen LogP contribution in [0.2, 0.25) is 0 Å². The molecule has 0 saturated carbocycles. The van der Waals surface area contributed by atoms with Crippen molar-refractivity contribution in [2.24, 2.45) is 0 Å². The third-order valence-corrected chi connectivity index (χ3v) is 8.01. The highest BCUT2D eigenvalue weighted by Crippen LogP contribution is 2.46. The Balaban J connectivity index is 1.65. The molecule has 6 heteroatoms. The van der Waals surface area contributed by atoms with Crippen molar-refractivity contribution in [3.05, 3.63) is 128 Å². The van der Waals surface area contributed by atoms with E-state index < -0.39 is 17.6 Å². The number of aromatic hydroxyl groups is 1. The summed E-state index contributed by atoms with van der Waals surface area (Å²) in [6, 6.07) is 11.4. The van der Waals surface area contributed by atoms with Gasteiger partial charge in [-0.1, -0.05) is 48.6 Å². The number of aliphatic hydroxyl groups is 3. The minimum atomic E-state index is -1.35. The van der Waals surface area contributed by atoms with Crippen molar-refractivity contribution >= 4 is 22.6 Å². The van der Waals surface area contributed by atoms with Gasteiger partial charge in [0.05, 0.1) is 18.8 Å². The number of rotatable bonds is 6. The Kier molecular flexibility index (Phi) is 7.66. The van der Waals surface area contributed by atoms with Gasteiger partial charge in [0.25, 0.3) is 0 Å². The molecule has 0 aliphatic heterocycles. The summed E-state index contributed by atoms with van der Waals surface area (Å²) < 4.78 is 6.53. The van der Waals surface area contributed by atoms with E-state index in [1.54, 1.807) is 31.4 Å². The molecule has 0 saturated heterocycles. The maximum absolute atomic E-state index is 12.4. The molecule has 5 rings (SSSR count). The molecule has 0 fully saturated rings. The maximum Gasteiger partial charge on any atom is 0.120 e. The average Bonchev–Trinajstić information content (AvgIpc) is 2.90. The van der Waals surface area contributed by atoms with Gasteiger partial charge in [0, 0.05) is 21.0 Å². The monoisotopic (exact) mass is 622 g/mol. The summed E-state index contributed by atoms with van der Waals surface area (Å²) in [5, 5.41) is 43.2. The summed E-state index contributed by atoms with van der Waals surface area (Å²) in [6.07, 6.45) is 17.9. The van der Waals surface area contributed by atoms with Crippen LogP contribution in [-0.2, 0) is 0 Å². The summed E-state index contributed by atoms with van der Waals surface area (Å²) in [4.78, 5) is 0. The minimum Gasteiger partial charge on any atom is -0.508 e. The first-order chi connectivity index (χ1) is 18.3. The van der Waals surface area contributed by atoms with Crippen molar-refractivity contribution in [2.75, 3.05) is 7.11 Å². The molecule has 196 valence electrons. The molecule has 38 heavy (non-hydrogen) atoms. The number of hydrogen-bond acceptors (Lipinski definition) is 5. The van der Waals surface area contributed by atoms with E-state index in [2.05, 4.69) is 22.6 Å². The second kappa shape index (κ2) is 11.0. The molecule has 0 bridgehead atoms. The Morgan fingerprint density at radius 2 is 1.82 bits per heavy atom. The summed E-state index contributed by atoms with van der Waals surface area (Å²) >= 11 is 2.24. The highest BCUT2D eigenvalue weighted by molar-refractivity contribution is 14.1. The molecule has 3 aliphatic carbocycles. The number of phenolic OH excluding ortho intramolecular Hbond substituents is 1. The van der Waals surface area contributed by atoms with Gasteiger partial charge in [0.15, 0.2) is 0 Å². The molecule has 4 unspecified atom stereocenters. The Morgan fingerprint density at radius 1 is 0.974 bits per heavy atom. The largest absolute Gasteiger partial charge is 0.508 e. The lowest BCUT2D eigenvalue weighted by Crippen LogP contribution is -2.36. The van der Waals surface area contributed by atoms with Gasteiger partial charge in [-0.2, -0.15) is 0 Å². The van der Waals surface area contributed by atoms with Crippen molar-refractivity contribution in [3.8, 4) is 11.5 Å². The molecule has 2 aromatic carbocycles. The van der Waals surface area contributed by atoms with Crippen LogP contribution in [0, 0.1) is 3.57 Å². The van der Waals surface area contributed by atoms with Crippen LogP contribution < -0.4 is 4.74 Å². The molecule has 5 nitrogen and oxygen atoms in total. The molecule has 3 aliphatic rings. The number of aliphatic hydroxyl groups excluding tert-OH is 2. The van der Waals surface area contributed by atoms with Gasteiger partial charge in [-0.15, -0.1) is 0 Å². The predicted octanol–water partition coefficient (Wildman–Crippen LogP) is 6.49. The van der Waals surface area contributed by atoms with E-state index in [9.17, 15) is 20.4 Å². The molecule has 4 atom stereocenters. The number of methoxy groups -OCH3 is 1. The van der Waals surface area contributed by atoms with E-state index in [0.717, 1.165) is 25.8 Å². The second-order valence-corrected chi connectivity index (χ2v) is 11.3. The highest BCUT2D eigenvalue weighted by atomic mass is 127. The summed E-state index contributed by atoms with van der Waals surface area (Å²) in [6.45, 7) is 0. The Hall–Kier alpha value is -3.07. The van der Waals surface area contributed by atoms with E-state index in [0.29, 0.717) is 30.6 Å². The van der Waals surface area contributed by atoms with E-state index >= 15 is 0 Å². The lowest BCUT2D eigenvalue weighted by molar-refractivity contribution is 0.0736. The van der Waals surface area contributed by atoms with Gasteiger partial charge < -0.3 is 25.2 Å². The Bertz CT molecular complexity index is 1410. The lowest BCUT2D eigenvalue weighted by atomic mass is 9.71. The van der Waals surface area contributed by atoms with Gasteiger partial charge in [-0.25, -0.2) is 0 Å². The summed E-state index contributed by atoms with van der Waals surface area (Å²) in [7, 11) is 1.62. The molecule has 0 heterocycles. The number of benzene rings is 2. The van der Waals surface area contributed by atoms with Crippen LogP contribution >= 0.6 is 22.6 Å². The lowest BCUT2D eigenvalue weighted by Gasteiger charge is -2.37. The third-order valence-electron chi connectivity index (χ3n) is 7.39. The van der Waals surface area contributed by atoms with E-state index in [-0.39, 0.29) is 17.4 Å². The second-order valence-electron chi connectivity index (χ2n) is 10.0. The number of hydrogen-bond donors (Lipinski definition) is 4. The van der Waals surface area contributed by atoms with Gasteiger partial charge in [-0.3, -0.25) is 0 Å². The summed E-state index contributed by atoms with van der Waals surface area (Å²) in [5.41, 5.74) is 2.91. The standard InChI is InChI=1S/C32H31IO5/c1-38-28-16-24(15-25(33)18-28)31(29-17-22(8-13-30(29)36)20-4-9-26(34)10-5-20)32(37)14-2-3-23(19-32)21-6-11-27(35)12-7-21/h2-4,6-11,13,15-20,27,31,34-37H,5,12,14H2,1H3. The fraction of sp³-hybridized carbons (Fsp3) is 0.250. The van der Waals surface area contributed by atoms with Gasteiger partial charge >= 0.3 is 0 Å². The van der Waals surface area contributed by atoms with Crippen molar-refractivity contribution < 1.29 is 25.2 Å². The van der Waals surface area contributed by atoms with Crippen LogP contribution in [0.1, 0.15) is 47.8 Å². The van der Waals surface area contributed by atoms with Crippen molar-refractivity contribution in [2.45, 2.75) is 42.8 Å². The zero-order chi connectivity index (χ0) is 26.9. The fourth-order valence-electron chi connectivity index (χ4n) is 5.45. The molecular formula is C32H31IO5. The number of halogens is 1. The van der Waals surface area contributed by atoms with Gasteiger partial charge in [0.2, 0.25) is 0 Å². The molecule has 2 aromatic rings. The Labute approximate surface area is 236 Å². The average molecular weight is 622 g/mol. The van der Waals surface area contributed by atoms with Crippen molar-refractivity contribution in [1.29, 1.82) is 0 Å². The normalized spacial score (nSPS) is 25.4. The van der Waals surface area contributed by atoms with Gasteiger partial charge in [0.1, 0.15) is 17.3 Å². The van der Waals surface area contributed by atoms with Crippen LogP contribution in [-0.4, -0.2) is 39.2 Å². The van der Waals surface area contributed by atoms with Crippen LogP contribution in [0.25, 0.3) is 0 Å². The molecule has 0 aromatic heterocycles. The van der Waals surface area contributed by atoms with Crippen LogP contribution in [0.15, 0.2) is 108 Å². The quantitative estimate of drug-likeness (QED) is 0.277. The van der Waals surface area contributed by atoms with E-state index in [4.69, 9.17) is 4.74 Å². The maximum atomic E-state index is 12.4. The fourth-order valence-corrected chi connectivity index (χ4v) is 6.12. The van der Waals surface area contributed by atoms with Crippen molar-refractivity contribution in [3.63, 3.8) is 0 Å². The molecule has 4 N–H and O–H groups in total. The number of ether oxygens (including phenoxy) is 1.